The van der Waals surface area contributed by atoms with Gasteiger partial charge in [-0.2, -0.15) is 0 Å². The monoisotopic (exact) mass is 347 g/mol. The van der Waals surface area contributed by atoms with Crippen LogP contribution in [0.4, 0.5) is 4.79 Å². The predicted octanol–water partition coefficient (Wildman–Crippen LogP) is 3.14. The summed E-state index contributed by atoms with van der Waals surface area (Å²) in [6.45, 7) is 3.72. The molecule has 1 saturated heterocycles. The zero-order chi connectivity index (χ0) is 17.4. The molecule has 0 radical (unpaired) electrons. The van der Waals surface area contributed by atoms with Gasteiger partial charge in [0.15, 0.2) is 0 Å². The van der Waals surface area contributed by atoms with Crippen molar-refractivity contribution in [3.63, 3.8) is 0 Å². The van der Waals surface area contributed by atoms with Gasteiger partial charge in [0.05, 0.1) is 0 Å². The first-order valence-electron chi connectivity index (χ1n) is 10.5. The van der Waals surface area contributed by atoms with Crippen LogP contribution < -0.4 is 5.32 Å². The fraction of sp³-hybridized carbons (Fsp3) is 0.900. The lowest BCUT2D eigenvalue weighted by molar-refractivity contribution is -0.135. The van der Waals surface area contributed by atoms with E-state index < -0.39 is 0 Å². The van der Waals surface area contributed by atoms with Crippen LogP contribution in [0.1, 0.15) is 71.1 Å². The molecule has 4 rings (SSSR count). The molecule has 1 aliphatic heterocycles. The first-order chi connectivity index (χ1) is 12.1. The molecule has 0 unspecified atom stereocenters. The molecule has 4 aliphatic rings. The molecule has 25 heavy (non-hydrogen) atoms. The molecule has 5 heteroatoms. The number of nitrogens with zero attached hydrogens (tertiary/aromatic N) is 2. The summed E-state index contributed by atoms with van der Waals surface area (Å²) >= 11 is 0. The van der Waals surface area contributed by atoms with Gasteiger partial charge in [-0.15, -0.1) is 0 Å². The minimum atomic E-state index is 0.110. The molecule has 0 aromatic rings. The number of carbonyl (C=O) groups is 2. The van der Waals surface area contributed by atoms with E-state index in [9.17, 15) is 9.59 Å². The summed E-state index contributed by atoms with van der Waals surface area (Å²) in [6, 6.07) is 1.07. The summed E-state index contributed by atoms with van der Waals surface area (Å²) in [5, 5.41) is 3.24. The molecular formula is C20H33N3O2. The zero-order valence-electron chi connectivity index (χ0n) is 15.6. The molecule has 4 fully saturated rings. The van der Waals surface area contributed by atoms with E-state index in [2.05, 4.69) is 17.1 Å². The lowest BCUT2D eigenvalue weighted by Crippen LogP contribution is -2.51. The van der Waals surface area contributed by atoms with Gasteiger partial charge < -0.3 is 15.1 Å². The Bertz CT molecular complexity index is 509. The number of hydrogen-bond acceptors (Lipinski definition) is 2. The standard InChI is InChI=1S/C20H33N3O2/c1-14(15-7-8-15)23(18-9-10-18)20(25)21-17-11-12-22(13-17)19(24)16-5-3-2-4-6-16/h14-18H,2-13H2,1H3,(H,21,25)/t14-,17+/m1/s1. The van der Waals surface area contributed by atoms with Gasteiger partial charge in [-0.05, 0) is 57.8 Å². The molecule has 0 bridgehead atoms. The Labute approximate surface area is 151 Å². The van der Waals surface area contributed by atoms with Crippen molar-refractivity contribution < 1.29 is 9.59 Å². The molecular weight excluding hydrogens is 314 g/mol. The average Bonchev–Trinajstić information content (AvgIpc) is 3.54. The SMILES string of the molecule is C[C@H](C1CC1)N(C(=O)N[C@H]1CCN(C(=O)C2CCCCC2)C1)C1CC1. The number of urea groups is 1. The third-order valence-electron chi connectivity index (χ3n) is 6.70. The molecule has 1 N–H and O–H groups in total. The van der Waals surface area contributed by atoms with E-state index in [0.717, 1.165) is 38.6 Å². The summed E-state index contributed by atoms with van der Waals surface area (Å²) in [5.41, 5.74) is 0. The average molecular weight is 348 g/mol. The van der Waals surface area contributed by atoms with E-state index in [4.69, 9.17) is 0 Å². The van der Waals surface area contributed by atoms with Crippen molar-refractivity contribution in [1.29, 1.82) is 0 Å². The number of likely N-dealkylation sites (tertiary alicyclic amines) is 1. The predicted molar refractivity (Wildman–Crippen MR) is 97.1 cm³/mol. The van der Waals surface area contributed by atoms with Crippen LogP contribution in [0.2, 0.25) is 0 Å². The Balaban J connectivity index is 1.29. The fourth-order valence-corrected chi connectivity index (χ4v) is 4.78. The zero-order valence-corrected chi connectivity index (χ0v) is 15.6. The molecule has 5 nitrogen and oxygen atoms in total. The van der Waals surface area contributed by atoms with Crippen LogP contribution in [-0.4, -0.2) is 53.0 Å². The minimum Gasteiger partial charge on any atom is -0.340 e. The van der Waals surface area contributed by atoms with Crippen LogP contribution >= 0.6 is 0 Å². The second-order valence-electron chi connectivity index (χ2n) is 8.77. The maximum Gasteiger partial charge on any atom is 0.318 e. The van der Waals surface area contributed by atoms with E-state index in [1.54, 1.807) is 0 Å². The topological polar surface area (TPSA) is 52.7 Å². The van der Waals surface area contributed by atoms with E-state index in [0.29, 0.717) is 30.5 Å². The first kappa shape index (κ1) is 17.2. The molecule has 0 aromatic carbocycles. The lowest BCUT2D eigenvalue weighted by atomic mass is 9.88. The Kier molecular flexibility index (Phi) is 4.92. The summed E-state index contributed by atoms with van der Waals surface area (Å²) in [4.78, 5) is 29.7. The number of nitrogens with one attached hydrogen (secondary N) is 1. The lowest BCUT2D eigenvalue weighted by Gasteiger charge is -2.31. The highest BCUT2D eigenvalue weighted by atomic mass is 16.2. The number of carbonyl (C=O) groups excluding carboxylic acids is 2. The fourth-order valence-electron chi connectivity index (χ4n) is 4.78. The third-order valence-corrected chi connectivity index (χ3v) is 6.70. The van der Waals surface area contributed by atoms with Gasteiger partial charge in [0, 0.05) is 37.1 Å². The molecule has 2 atom stereocenters. The van der Waals surface area contributed by atoms with Crippen molar-refractivity contribution in [3.8, 4) is 0 Å². The molecule has 140 valence electrons. The largest absolute Gasteiger partial charge is 0.340 e. The Morgan fingerprint density at radius 1 is 1.00 bits per heavy atom. The smallest absolute Gasteiger partial charge is 0.318 e. The first-order valence-corrected chi connectivity index (χ1v) is 10.5. The van der Waals surface area contributed by atoms with Gasteiger partial charge in [-0.1, -0.05) is 19.3 Å². The maximum atomic E-state index is 12.8. The van der Waals surface area contributed by atoms with E-state index in [1.165, 1.54) is 32.1 Å². The van der Waals surface area contributed by atoms with Crippen molar-refractivity contribution >= 4 is 11.9 Å². The van der Waals surface area contributed by atoms with Gasteiger partial charge >= 0.3 is 6.03 Å². The quantitative estimate of drug-likeness (QED) is 0.831. The van der Waals surface area contributed by atoms with E-state index in [-0.39, 0.29) is 18.0 Å². The van der Waals surface area contributed by atoms with Crippen molar-refractivity contribution in [2.75, 3.05) is 13.1 Å². The van der Waals surface area contributed by atoms with Crippen molar-refractivity contribution in [3.05, 3.63) is 0 Å². The molecule has 0 spiro atoms. The van der Waals surface area contributed by atoms with Gasteiger partial charge in [-0.25, -0.2) is 4.79 Å². The molecule has 1 heterocycles. The normalized spacial score (nSPS) is 28.7. The second kappa shape index (κ2) is 7.16. The third kappa shape index (κ3) is 3.95. The molecule has 3 aliphatic carbocycles. The van der Waals surface area contributed by atoms with Crippen LogP contribution in [0, 0.1) is 11.8 Å². The Morgan fingerprint density at radius 2 is 1.72 bits per heavy atom. The van der Waals surface area contributed by atoms with Crippen LogP contribution in [0.25, 0.3) is 0 Å². The van der Waals surface area contributed by atoms with E-state index in [1.807, 2.05) is 4.90 Å². The minimum absolute atomic E-state index is 0.110. The highest BCUT2D eigenvalue weighted by Crippen LogP contribution is 2.39. The van der Waals surface area contributed by atoms with E-state index >= 15 is 0 Å². The Morgan fingerprint density at radius 3 is 2.36 bits per heavy atom. The maximum absolute atomic E-state index is 12.8. The number of amides is 3. The highest BCUT2D eigenvalue weighted by Gasteiger charge is 2.42. The van der Waals surface area contributed by atoms with Crippen molar-refractivity contribution in [2.45, 2.75) is 89.3 Å². The van der Waals surface area contributed by atoms with Gasteiger partial charge in [-0.3, -0.25) is 4.79 Å². The van der Waals surface area contributed by atoms with Crippen LogP contribution in [-0.2, 0) is 4.79 Å². The van der Waals surface area contributed by atoms with Crippen LogP contribution in [0.3, 0.4) is 0 Å². The molecule has 3 saturated carbocycles. The van der Waals surface area contributed by atoms with Gasteiger partial charge in [0.1, 0.15) is 0 Å². The van der Waals surface area contributed by atoms with Gasteiger partial charge in [0.2, 0.25) is 5.91 Å². The number of hydrogen-bond donors (Lipinski definition) is 1. The van der Waals surface area contributed by atoms with Crippen molar-refractivity contribution in [2.24, 2.45) is 11.8 Å². The van der Waals surface area contributed by atoms with Gasteiger partial charge in [0.25, 0.3) is 0 Å². The highest BCUT2D eigenvalue weighted by molar-refractivity contribution is 5.80. The van der Waals surface area contributed by atoms with Crippen molar-refractivity contribution in [1.82, 2.24) is 15.1 Å². The second-order valence-corrected chi connectivity index (χ2v) is 8.77. The Hall–Kier alpha value is -1.26. The molecule has 3 amide bonds. The summed E-state index contributed by atoms with van der Waals surface area (Å²) in [6.07, 6.45) is 11.5. The number of rotatable bonds is 5. The summed E-state index contributed by atoms with van der Waals surface area (Å²) in [5.74, 6) is 1.28. The molecule has 0 aromatic heterocycles. The summed E-state index contributed by atoms with van der Waals surface area (Å²) in [7, 11) is 0. The van der Waals surface area contributed by atoms with Crippen LogP contribution in [0.15, 0.2) is 0 Å². The summed E-state index contributed by atoms with van der Waals surface area (Å²) < 4.78 is 0. The van der Waals surface area contributed by atoms with Crippen LogP contribution in [0.5, 0.6) is 0 Å².